The van der Waals surface area contributed by atoms with Crippen LogP contribution in [0.4, 0.5) is 0 Å². The van der Waals surface area contributed by atoms with Gasteiger partial charge < -0.3 is 10.1 Å². The van der Waals surface area contributed by atoms with Gasteiger partial charge in [-0.1, -0.05) is 19.9 Å². The number of nitrogens with zero attached hydrogens (tertiary/aromatic N) is 2. The minimum absolute atomic E-state index is 0.263. The molecule has 4 nitrogen and oxygen atoms in total. The molecule has 118 valence electrons. The van der Waals surface area contributed by atoms with Crippen LogP contribution in [0.15, 0.2) is 24.4 Å². The molecule has 1 fully saturated rings. The lowest BCUT2D eigenvalue weighted by Gasteiger charge is -2.37. The van der Waals surface area contributed by atoms with Crippen LogP contribution in [0.25, 0.3) is 0 Å². The van der Waals surface area contributed by atoms with Gasteiger partial charge in [-0.05, 0) is 38.1 Å². The molecule has 0 saturated carbocycles. The lowest BCUT2D eigenvalue weighted by Crippen LogP contribution is -2.53. The van der Waals surface area contributed by atoms with Crippen molar-refractivity contribution in [3.05, 3.63) is 30.1 Å². The number of hydrogen-bond donors (Lipinski definition) is 1. The summed E-state index contributed by atoms with van der Waals surface area (Å²) in [6.45, 7) is 9.59. The third-order valence-electron chi connectivity index (χ3n) is 3.98. The van der Waals surface area contributed by atoms with Crippen LogP contribution in [0.1, 0.15) is 32.4 Å². The zero-order valence-electron chi connectivity index (χ0n) is 13.4. The van der Waals surface area contributed by atoms with Crippen molar-refractivity contribution in [2.24, 2.45) is 0 Å². The molecule has 1 aliphatic heterocycles. The fourth-order valence-electron chi connectivity index (χ4n) is 2.90. The molecule has 2 unspecified atom stereocenters. The molecular formula is C17H29N3O. The number of morpholine rings is 1. The molecule has 2 rings (SSSR count). The van der Waals surface area contributed by atoms with E-state index >= 15 is 0 Å². The third-order valence-corrected chi connectivity index (χ3v) is 3.98. The zero-order valence-corrected chi connectivity index (χ0v) is 13.4. The van der Waals surface area contributed by atoms with E-state index in [1.165, 1.54) is 13.0 Å². The lowest BCUT2D eigenvalue weighted by molar-refractivity contribution is -0.0462. The zero-order chi connectivity index (χ0) is 14.9. The SMILES string of the molecule is CCCNC(Cc1ccccn1)C1CN(CCC)CCO1. The van der Waals surface area contributed by atoms with Crippen molar-refractivity contribution in [2.75, 3.05) is 32.8 Å². The molecule has 0 aromatic carbocycles. The number of ether oxygens (including phenoxy) is 1. The van der Waals surface area contributed by atoms with Crippen molar-refractivity contribution in [1.82, 2.24) is 15.2 Å². The number of pyridine rings is 1. The van der Waals surface area contributed by atoms with Crippen LogP contribution < -0.4 is 5.32 Å². The highest BCUT2D eigenvalue weighted by molar-refractivity contribution is 5.06. The second kappa shape index (κ2) is 9.13. The standard InChI is InChI=1S/C17H29N3O/c1-3-8-19-16(13-15-7-5-6-9-18-15)17-14-20(10-4-2)11-12-21-17/h5-7,9,16-17,19H,3-4,8,10-14H2,1-2H3. The second-order valence-electron chi connectivity index (χ2n) is 5.80. The van der Waals surface area contributed by atoms with E-state index in [0.29, 0.717) is 6.04 Å². The topological polar surface area (TPSA) is 37.4 Å². The van der Waals surface area contributed by atoms with Gasteiger partial charge in [-0.2, -0.15) is 0 Å². The summed E-state index contributed by atoms with van der Waals surface area (Å²) in [6, 6.07) is 6.48. The van der Waals surface area contributed by atoms with Gasteiger partial charge in [-0.25, -0.2) is 0 Å². The quantitative estimate of drug-likeness (QED) is 0.796. The third kappa shape index (κ3) is 5.38. The maximum atomic E-state index is 6.05. The Labute approximate surface area is 128 Å². The maximum Gasteiger partial charge on any atom is 0.0859 e. The van der Waals surface area contributed by atoms with E-state index in [9.17, 15) is 0 Å². The molecule has 4 heteroatoms. The summed E-state index contributed by atoms with van der Waals surface area (Å²) in [7, 11) is 0. The van der Waals surface area contributed by atoms with Crippen LogP contribution >= 0.6 is 0 Å². The second-order valence-corrected chi connectivity index (χ2v) is 5.80. The minimum atomic E-state index is 0.263. The Hall–Kier alpha value is -0.970. The van der Waals surface area contributed by atoms with Gasteiger partial charge in [0.2, 0.25) is 0 Å². The Kier molecular flexibility index (Phi) is 7.13. The van der Waals surface area contributed by atoms with Crippen LogP contribution in [0, 0.1) is 0 Å². The first kappa shape index (κ1) is 16.4. The molecule has 0 radical (unpaired) electrons. The number of rotatable bonds is 8. The van der Waals surface area contributed by atoms with E-state index in [4.69, 9.17) is 4.74 Å². The summed E-state index contributed by atoms with van der Waals surface area (Å²) in [5, 5.41) is 3.66. The molecule has 0 aliphatic carbocycles. The fourth-order valence-corrected chi connectivity index (χ4v) is 2.90. The van der Waals surface area contributed by atoms with Gasteiger partial charge in [0.05, 0.1) is 12.7 Å². The van der Waals surface area contributed by atoms with Crippen molar-refractivity contribution >= 4 is 0 Å². The predicted molar refractivity (Wildman–Crippen MR) is 86.5 cm³/mol. The van der Waals surface area contributed by atoms with E-state index in [1.807, 2.05) is 12.3 Å². The molecule has 2 atom stereocenters. The summed E-state index contributed by atoms with van der Waals surface area (Å²) in [4.78, 5) is 6.99. The summed E-state index contributed by atoms with van der Waals surface area (Å²) in [5.41, 5.74) is 1.14. The van der Waals surface area contributed by atoms with Crippen molar-refractivity contribution in [3.8, 4) is 0 Å². The molecule has 21 heavy (non-hydrogen) atoms. The van der Waals surface area contributed by atoms with Gasteiger partial charge >= 0.3 is 0 Å². The van der Waals surface area contributed by atoms with E-state index in [2.05, 4.69) is 41.2 Å². The molecule has 1 aliphatic rings. The molecule has 1 aromatic rings. The average molecular weight is 291 g/mol. The molecule has 0 spiro atoms. The first-order valence-electron chi connectivity index (χ1n) is 8.30. The highest BCUT2D eigenvalue weighted by Crippen LogP contribution is 2.13. The summed E-state index contributed by atoms with van der Waals surface area (Å²) in [5.74, 6) is 0. The van der Waals surface area contributed by atoms with E-state index in [0.717, 1.165) is 44.8 Å². The molecule has 1 N–H and O–H groups in total. The van der Waals surface area contributed by atoms with Crippen LogP contribution in [0.5, 0.6) is 0 Å². The Bertz CT molecular complexity index is 383. The highest BCUT2D eigenvalue weighted by atomic mass is 16.5. The monoisotopic (exact) mass is 291 g/mol. The van der Waals surface area contributed by atoms with E-state index in [-0.39, 0.29) is 6.10 Å². The first-order valence-corrected chi connectivity index (χ1v) is 8.30. The molecule has 1 saturated heterocycles. The van der Waals surface area contributed by atoms with Crippen LogP contribution in [-0.2, 0) is 11.2 Å². The Balaban J connectivity index is 1.97. The normalized spacial score (nSPS) is 21.3. The largest absolute Gasteiger partial charge is 0.374 e. The average Bonchev–Trinajstić information content (AvgIpc) is 2.53. The van der Waals surface area contributed by atoms with Crippen molar-refractivity contribution < 1.29 is 4.74 Å². The van der Waals surface area contributed by atoms with Crippen molar-refractivity contribution in [1.29, 1.82) is 0 Å². The summed E-state index contributed by atoms with van der Waals surface area (Å²) >= 11 is 0. The lowest BCUT2D eigenvalue weighted by atomic mass is 10.0. The number of aromatic nitrogens is 1. The Morgan fingerprint density at radius 3 is 3.00 bits per heavy atom. The fraction of sp³-hybridized carbons (Fsp3) is 0.706. The molecule has 1 aromatic heterocycles. The van der Waals surface area contributed by atoms with Gasteiger partial charge in [-0.3, -0.25) is 9.88 Å². The molecule has 2 heterocycles. The van der Waals surface area contributed by atoms with Crippen LogP contribution in [0.2, 0.25) is 0 Å². The maximum absolute atomic E-state index is 6.05. The molecule has 0 bridgehead atoms. The smallest absolute Gasteiger partial charge is 0.0859 e. The van der Waals surface area contributed by atoms with Gasteiger partial charge in [0.1, 0.15) is 0 Å². The van der Waals surface area contributed by atoms with E-state index in [1.54, 1.807) is 0 Å². The van der Waals surface area contributed by atoms with Crippen LogP contribution in [0.3, 0.4) is 0 Å². The minimum Gasteiger partial charge on any atom is -0.374 e. The molecule has 0 amide bonds. The highest BCUT2D eigenvalue weighted by Gasteiger charge is 2.27. The van der Waals surface area contributed by atoms with Crippen molar-refractivity contribution in [3.63, 3.8) is 0 Å². The van der Waals surface area contributed by atoms with Gasteiger partial charge in [0, 0.05) is 37.4 Å². The van der Waals surface area contributed by atoms with Crippen LogP contribution in [-0.4, -0.2) is 54.8 Å². The van der Waals surface area contributed by atoms with Gasteiger partial charge in [0.25, 0.3) is 0 Å². The Morgan fingerprint density at radius 1 is 1.38 bits per heavy atom. The van der Waals surface area contributed by atoms with E-state index < -0.39 is 0 Å². The Morgan fingerprint density at radius 2 is 2.29 bits per heavy atom. The number of hydrogen-bond acceptors (Lipinski definition) is 4. The van der Waals surface area contributed by atoms with Gasteiger partial charge in [0.15, 0.2) is 0 Å². The summed E-state index contributed by atoms with van der Waals surface area (Å²) in [6.07, 6.45) is 5.42. The summed E-state index contributed by atoms with van der Waals surface area (Å²) < 4.78 is 6.05. The van der Waals surface area contributed by atoms with Gasteiger partial charge in [-0.15, -0.1) is 0 Å². The first-order chi connectivity index (χ1) is 10.3. The number of nitrogens with one attached hydrogen (secondary N) is 1. The molecular weight excluding hydrogens is 262 g/mol. The predicted octanol–water partition coefficient (Wildman–Crippen LogP) is 2.10. The van der Waals surface area contributed by atoms with Crippen molar-refractivity contribution in [2.45, 2.75) is 45.3 Å².